The molecule has 1 saturated heterocycles. The number of benzene rings is 2. The van der Waals surface area contributed by atoms with Gasteiger partial charge in [-0.3, -0.25) is 4.90 Å². The Kier molecular flexibility index (Phi) is 6.12. The Morgan fingerprint density at radius 3 is 2.28 bits per heavy atom. The molecule has 2 aliphatic heterocycles. The van der Waals surface area contributed by atoms with E-state index in [1.165, 1.54) is 0 Å². The lowest BCUT2D eigenvalue weighted by atomic mass is 9.83. The molecule has 2 aromatic rings. The largest absolute Gasteiger partial charge is 0.478 e. The minimum Gasteiger partial charge on any atom is -0.478 e. The van der Waals surface area contributed by atoms with Crippen molar-refractivity contribution in [3.63, 3.8) is 0 Å². The van der Waals surface area contributed by atoms with Crippen molar-refractivity contribution in [2.45, 2.75) is 12.6 Å². The number of anilines is 1. The number of para-hydroxylation sites is 1. The Morgan fingerprint density at radius 2 is 1.66 bits per heavy atom. The van der Waals surface area contributed by atoms with Crippen molar-refractivity contribution >= 4 is 23.2 Å². The molecule has 3 N–H and O–H groups in total. The molecule has 7 nitrogen and oxygen atoms in total. The molecule has 0 amide bonds. The van der Waals surface area contributed by atoms with Gasteiger partial charge in [0.1, 0.15) is 5.66 Å². The van der Waals surface area contributed by atoms with Crippen LogP contribution in [0.4, 0.5) is 5.69 Å². The molecule has 1 atom stereocenters. The Morgan fingerprint density at radius 1 is 1.00 bits per heavy atom. The molecule has 2 aliphatic rings. The number of hydrogen-bond acceptors (Lipinski definition) is 5. The van der Waals surface area contributed by atoms with Gasteiger partial charge < -0.3 is 20.4 Å². The number of carbonyl (C=O) groups is 2. The fourth-order valence-corrected chi connectivity index (χ4v) is 4.57. The highest BCUT2D eigenvalue weighted by Gasteiger charge is 2.46. The van der Waals surface area contributed by atoms with Crippen LogP contribution < -0.4 is 5.32 Å². The molecular weight excluding hydrogens is 406 g/mol. The van der Waals surface area contributed by atoms with Crippen LogP contribution in [0.3, 0.4) is 0 Å². The summed E-state index contributed by atoms with van der Waals surface area (Å²) in [5.41, 5.74) is 2.01. The lowest BCUT2D eigenvalue weighted by molar-refractivity contribution is -0.136. The number of likely N-dealkylation sites (N-methyl/N-ethyl adjacent to an activating group) is 1. The zero-order valence-corrected chi connectivity index (χ0v) is 18.0. The van der Waals surface area contributed by atoms with E-state index >= 15 is 0 Å². The van der Waals surface area contributed by atoms with Crippen LogP contribution in [0.15, 0.2) is 72.3 Å². The molecule has 0 bridgehead atoms. The van der Waals surface area contributed by atoms with Crippen molar-refractivity contribution in [3.05, 3.63) is 83.4 Å². The minimum atomic E-state index is -1.30. The van der Waals surface area contributed by atoms with Crippen LogP contribution in [-0.4, -0.2) is 70.3 Å². The van der Waals surface area contributed by atoms with Gasteiger partial charge in [0.25, 0.3) is 0 Å². The van der Waals surface area contributed by atoms with Crippen LogP contribution in [0.25, 0.3) is 5.57 Å². The highest BCUT2D eigenvalue weighted by Crippen LogP contribution is 2.42. The molecule has 2 heterocycles. The summed E-state index contributed by atoms with van der Waals surface area (Å²) in [6.07, 6.45) is 2.70. The number of nitrogens with zero attached hydrogens (tertiary/aromatic N) is 2. The van der Waals surface area contributed by atoms with Crippen molar-refractivity contribution < 1.29 is 19.8 Å². The number of fused-ring (bicyclic) bond motifs is 1. The molecule has 32 heavy (non-hydrogen) atoms. The minimum absolute atomic E-state index is 0.210. The standard InChI is InChI=1S/C25H27N3O4/c1-2-27-12-14-28(15-13-27)25(21(24(31)32)16-23(29)30)17-20(18-8-4-3-5-9-18)19-10-6-7-11-22(19)26-25/h3-11,16-17,26H,2,12-15H2,1H3,(H,29,30)(H,31,32)/b21-16+. The van der Waals surface area contributed by atoms with Crippen molar-refractivity contribution in [2.24, 2.45) is 0 Å². The summed E-state index contributed by atoms with van der Waals surface area (Å²) in [6, 6.07) is 17.5. The van der Waals surface area contributed by atoms with Crippen LogP contribution >= 0.6 is 0 Å². The normalized spacial score (nSPS) is 21.9. The fraction of sp³-hybridized carbons (Fsp3) is 0.280. The van der Waals surface area contributed by atoms with Crippen molar-refractivity contribution in [3.8, 4) is 0 Å². The highest BCUT2D eigenvalue weighted by molar-refractivity contribution is 6.00. The highest BCUT2D eigenvalue weighted by atomic mass is 16.4. The molecule has 2 aromatic carbocycles. The van der Waals surface area contributed by atoms with E-state index in [-0.39, 0.29) is 5.57 Å². The van der Waals surface area contributed by atoms with Crippen LogP contribution in [0.5, 0.6) is 0 Å². The van der Waals surface area contributed by atoms with E-state index in [4.69, 9.17) is 0 Å². The zero-order valence-electron chi connectivity index (χ0n) is 18.0. The molecular formula is C25H27N3O4. The van der Waals surface area contributed by atoms with Gasteiger partial charge in [0, 0.05) is 43.5 Å². The average Bonchev–Trinajstić information content (AvgIpc) is 2.82. The van der Waals surface area contributed by atoms with Crippen LogP contribution in [0.2, 0.25) is 0 Å². The number of nitrogens with one attached hydrogen (secondary N) is 1. The van der Waals surface area contributed by atoms with E-state index in [0.717, 1.165) is 48.1 Å². The Balaban J connectivity index is 1.95. The molecule has 166 valence electrons. The molecule has 0 saturated carbocycles. The van der Waals surface area contributed by atoms with Crippen molar-refractivity contribution in [1.82, 2.24) is 9.80 Å². The zero-order chi connectivity index (χ0) is 22.7. The summed E-state index contributed by atoms with van der Waals surface area (Å²) in [5.74, 6) is -2.55. The first kappa shape index (κ1) is 21.8. The fourth-order valence-electron chi connectivity index (χ4n) is 4.57. The molecule has 7 heteroatoms. The van der Waals surface area contributed by atoms with E-state index in [0.29, 0.717) is 13.1 Å². The average molecular weight is 434 g/mol. The number of carboxylic acids is 2. The third kappa shape index (κ3) is 4.04. The molecule has 1 unspecified atom stereocenters. The van der Waals surface area contributed by atoms with Crippen LogP contribution in [0, 0.1) is 0 Å². The second-order valence-electron chi connectivity index (χ2n) is 7.98. The lowest BCUT2D eigenvalue weighted by Gasteiger charge is -2.49. The predicted molar refractivity (Wildman–Crippen MR) is 123 cm³/mol. The Hall–Kier alpha value is -3.42. The van der Waals surface area contributed by atoms with Gasteiger partial charge in [-0.05, 0) is 29.8 Å². The molecule has 0 aliphatic carbocycles. The van der Waals surface area contributed by atoms with E-state index in [1.54, 1.807) is 0 Å². The van der Waals surface area contributed by atoms with Gasteiger partial charge in [0.05, 0.1) is 5.57 Å². The first-order valence-corrected chi connectivity index (χ1v) is 10.8. The Labute approximate surface area is 187 Å². The maximum Gasteiger partial charge on any atom is 0.335 e. The topological polar surface area (TPSA) is 93.1 Å². The van der Waals surface area contributed by atoms with Gasteiger partial charge in [0.15, 0.2) is 0 Å². The molecule has 0 spiro atoms. The van der Waals surface area contributed by atoms with E-state index in [1.807, 2.05) is 65.6 Å². The van der Waals surface area contributed by atoms with Crippen LogP contribution in [0.1, 0.15) is 18.1 Å². The van der Waals surface area contributed by atoms with Gasteiger partial charge in [-0.1, -0.05) is 55.5 Å². The summed E-state index contributed by atoms with van der Waals surface area (Å²) in [7, 11) is 0. The second-order valence-corrected chi connectivity index (χ2v) is 7.98. The maximum atomic E-state index is 12.4. The van der Waals surface area contributed by atoms with Crippen molar-refractivity contribution in [2.75, 3.05) is 38.0 Å². The molecule has 0 aromatic heterocycles. The maximum absolute atomic E-state index is 12.4. The summed E-state index contributed by atoms with van der Waals surface area (Å²) in [6.45, 7) is 5.77. The number of hydrogen-bond donors (Lipinski definition) is 3. The van der Waals surface area contributed by atoms with E-state index in [2.05, 4.69) is 17.1 Å². The smallest absolute Gasteiger partial charge is 0.335 e. The SMILES string of the molecule is CCN1CCN(C2(/C(=C/C(=O)O)C(=O)O)C=C(c3ccccc3)c3ccccc3N2)CC1. The quantitative estimate of drug-likeness (QED) is 0.603. The van der Waals surface area contributed by atoms with E-state index in [9.17, 15) is 19.8 Å². The molecule has 4 rings (SSSR count). The number of piperazine rings is 1. The van der Waals surface area contributed by atoms with E-state index < -0.39 is 17.6 Å². The summed E-state index contributed by atoms with van der Waals surface area (Å²) >= 11 is 0. The van der Waals surface area contributed by atoms with Crippen molar-refractivity contribution in [1.29, 1.82) is 0 Å². The number of carboxylic acid groups (broad SMARTS) is 2. The summed E-state index contributed by atoms with van der Waals surface area (Å²) in [4.78, 5) is 28.4. The van der Waals surface area contributed by atoms with Gasteiger partial charge in [-0.25, -0.2) is 9.59 Å². The third-order valence-electron chi connectivity index (χ3n) is 6.21. The monoisotopic (exact) mass is 433 g/mol. The predicted octanol–water partition coefficient (Wildman–Crippen LogP) is 2.97. The second kappa shape index (κ2) is 8.98. The first-order valence-electron chi connectivity index (χ1n) is 10.8. The van der Waals surface area contributed by atoms with Gasteiger partial charge >= 0.3 is 11.9 Å². The number of rotatable bonds is 6. The summed E-state index contributed by atoms with van der Waals surface area (Å²) in [5, 5.41) is 23.1. The lowest BCUT2D eigenvalue weighted by Crippen LogP contribution is -2.62. The number of aliphatic carboxylic acids is 2. The van der Waals surface area contributed by atoms with Gasteiger partial charge in [0.2, 0.25) is 0 Å². The molecule has 0 radical (unpaired) electrons. The van der Waals surface area contributed by atoms with Crippen LogP contribution in [-0.2, 0) is 9.59 Å². The van der Waals surface area contributed by atoms with Gasteiger partial charge in [-0.15, -0.1) is 0 Å². The summed E-state index contributed by atoms with van der Waals surface area (Å²) < 4.78 is 0. The molecule has 1 fully saturated rings. The van der Waals surface area contributed by atoms with Gasteiger partial charge in [-0.2, -0.15) is 0 Å². The third-order valence-corrected chi connectivity index (χ3v) is 6.21. The first-order chi connectivity index (χ1) is 15.4. The Bertz CT molecular complexity index is 1070.